The molecule has 12 rings (SSSR count). The van der Waals surface area contributed by atoms with Gasteiger partial charge in [0.25, 0.3) is 0 Å². The molecule has 0 radical (unpaired) electrons. The van der Waals surface area contributed by atoms with E-state index in [4.69, 9.17) is 15.0 Å². The Morgan fingerprint density at radius 1 is 0.370 bits per heavy atom. The molecule has 0 fully saturated rings. The molecule has 0 N–H and O–H groups in total. The van der Waals surface area contributed by atoms with Gasteiger partial charge in [-0.2, -0.15) is 0 Å². The molecule has 0 saturated heterocycles. The third-order valence-corrected chi connectivity index (χ3v) is 12.1. The molecule has 54 heavy (non-hydrogen) atoms. The summed E-state index contributed by atoms with van der Waals surface area (Å²) >= 11 is 1.84. The molecule has 0 bridgehead atoms. The Morgan fingerprint density at radius 3 is 1.83 bits per heavy atom. The molecule has 250 valence electrons. The number of hydrogen-bond donors (Lipinski definition) is 0. The lowest BCUT2D eigenvalue weighted by molar-refractivity contribution is 1.08. The van der Waals surface area contributed by atoms with Crippen molar-refractivity contribution in [1.82, 2.24) is 19.4 Å². The summed E-state index contributed by atoms with van der Waals surface area (Å²) in [6.07, 6.45) is 0. The van der Waals surface area contributed by atoms with Crippen molar-refractivity contribution < 1.29 is 0 Å². The van der Waals surface area contributed by atoms with E-state index in [9.17, 15) is 0 Å². The van der Waals surface area contributed by atoms with Gasteiger partial charge >= 0.3 is 0 Å². The van der Waals surface area contributed by atoms with E-state index in [-0.39, 0.29) is 0 Å². The summed E-state index contributed by atoms with van der Waals surface area (Å²) in [5, 5.41) is 9.88. The van der Waals surface area contributed by atoms with Gasteiger partial charge in [-0.05, 0) is 63.7 Å². The van der Waals surface area contributed by atoms with Gasteiger partial charge in [0, 0.05) is 53.0 Å². The number of aromatic nitrogens is 4. The lowest BCUT2D eigenvalue weighted by Crippen LogP contribution is -2.01. The van der Waals surface area contributed by atoms with Crippen LogP contribution in [-0.2, 0) is 0 Å². The predicted octanol–water partition coefficient (Wildman–Crippen LogP) is 13.2. The number of para-hydroxylation sites is 2. The van der Waals surface area contributed by atoms with Crippen molar-refractivity contribution in [2.24, 2.45) is 0 Å². The predicted molar refractivity (Wildman–Crippen MR) is 227 cm³/mol. The van der Waals surface area contributed by atoms with Crippen molar-refractivity contribution in [2.75, 3.05) is 0 Å². The first-order valence-electron chi connectivity index (χ1n) is 18.2. The van der Waals surface area contributed by atoms with E-state index in [2.05, 4.69) is 168 Å². The molecule has 4 nitrogen and oxygen atoms in total. The van der Waals surface area contributed by atoms with E-state index >= 15 is 0 Å². The van der Waals surface area contributed by atoms with Gasteiger partial charge in [0.2, 0.25) is 0 Å². The number of fused-ring (bicyclic) bond motifs is 7. The second kappa shape index (κ2) is 11.3. The van der Waals surface area contributed by atoms with E-state index in [0.29, 0.717) is 17.5 Å². The normalized spacial score (nSPS) is 12.1. The Balaban J connectivity index is 1.18. The number of rotatable bonds is 4. The second-order valence-electron chi connectivity index (χ2n) is 14.0. The van der Waals surface area contributed by atoms with Gasteiger partial charge in [0.15, 0.2) is 17.5 Å². The number of benzene rings is 8. The summed E-state index contributed by atoms with van der Waals surface area (Å²) in [5.41, 5.74) is 8.77. The molecule has 0 aliphatic heterocycles. The van der Waals surface area contributed by atoms with Crippen molar-refractivity contribution in [3.63, 3.8) is 0 Å². The molecule has 0 spiro atoms. The first-order chi connectivity index (χ1) is 26.8. The van der Waals surface area contributed by atoms with Crippen LogP contribution in [0.4, 0.5) is 0 Å². The Labute approximate surface area is 313 Å². The summed E-state index contributed by atoms with van der Waals surface area (Å²) in [4.78, 5) is 15.8. The molecule has 8 aromatic carbocycles. The maximum absolute atomic E-state index is 5.32. The van der Waals surface area contributed by atoms with Crippen molar-refractivity contribution >= 4 is 80.4 Å². The van der Waals surface area contributed by atoms with E-state index in [0.717, 1.165) is 33.2 Å². The van der Waals surface area contributed by atoms with Crippen LogP contribution in [0.2, 0.25) is 0 Å². The fourth-order valence-corrected chi connectivity index (χ4v) is 9.73. The van der Waals surface area contributed by atoms with Crippen molar-refractivity contribution in [3.8, 4) is 45.3 Å². The molecule has 0 aliphatic rings. The van der Waals surface area contributed by atoms with E-state index in [1.165, 1.54) is 63.7 Å². The highest BCUT2D eigenvalue weighted by molar-refractivity contribution is 7.26. The number of hydrogen-bond acceptors (Lipinski definition) is 4. The van der Waals surface area contributed by atoms with Crippen LogP contribution >= 0.6 is 11.3 Å². The largest absolute Gasteiger partial charge is 0.308 e. The highest BCUT2D eigenvalue weighted by Gasteiger charge is 2.22. The first kappa shape index (κ1) is 29.6. The van der Waals surface area contributed by atoms with Crippen molar-refractivity contribution in [3.05, 3.63) is 170 Å². The zero-order valence-electron chi connectivity index (χ0n) is 28.9. The van der Waals surface area contributed by atoms with E-state index < -0.39 is 0 Å². The van der Waals surface area contributed by atoms with Gasteiger partial charge < -0.3 is 4.40 Å². The van der Waals surface area contributed by atoms with Crippen LogP contribution in [0.15, 0.2) is 170 Å². The standard InChI is InChI=1S/C49H28N4S/c1-2-13-30(14-3-1)34-16-6-7-19-38(34)49-51-47(32-23-22-29-12-4-5-15-31(29)26-32)50-48(52-49)33-27-39-36-18-9-11-21-41(36)53-40-20-10-8-17-35(40)37-24-25-42-45(46(37)53)44(39)43(28-33)54-42/h1-28H. The van der Waals surface area contributed by atoms with Gasteiger partial charge in [0.1, 0.15) is 0 Å². The van der Waals surface area contributed by atoms with Crippen LogP contribution in [0.25, 0.3) is 114 Å². The minimum Gasteiger partial charge on any atom is -0.308 e. The SMILES string of the molecule is c1ccc(-c2ccccc2-c2nc(-c3ccc4ccccc4c3)nc(-c3cc4sc5ccc6c7ccccc7n7c8ccccc8c(c3)c4c5c67)n2)cc1. The van der Waals surface area contributed by atoms with Crippen LogP contribution in [0.3, 0.4) is 0 Å². The molecule has 4 aromatic heterocycles. The lowest BCUT2D eigenvalue weighted by atomic mass is 9.99. The summed E-state index contributed by atoms with van der Waals surface area (Å²) in [6, 6.07) is 60.6. The fraction of sp³-hybridized carbons (Fsp3) is 0. The van der Waals surface area contributed by atoms with Gasteiger partial charge in [-0.15, -0.1) is 11.3 Å². The van der Waals surface area contributed by atoms with Crippen LogP contribution in [-0.4, -0.2) is 19.4 Å². The maximum atomic E-state index is 5.32. The highest BCUT2D eigenvalue weighted by Crippen LogP contribution is 2.47. The van der Waals surface area contributed by atoms with Crippen LogP contribution < -0.4 is 0 Å². The summed E-state index contributed by atoms with van der Waals surface area (Å²) in [5.74, 6) is 1.95. The first-order valence-corrected chi connectivity index (χ1v) is 19.0. The quantitative estimate of drug-likeness (QED) is 0.183. The monoisotopic (exact) mass is 704 g/mol. The Bertz CT molecular complexity index is 3440. The third-order valence-electron chi connectivity index (χ3n) is 11.0. The number of thiophene rings is 1. The average Bonchev–Trinajstić information content (AvgIpc) is 3.75. The summed E-state index contributed by atoms with van der Waals surface area (Å²) in [6.45, 7) is 0. The van der Waals surface area contributed by atoms with Crippen molar-refractivity contribution in [2.45, 2.75) is 0 Å². The topological polar surface area (TPSA) is 43.1 Å². The van der Waals surface area contributed by atoms with E-state index in [1.54, 1.807) is 0 Å². The molecule has 0 saturated carbocycles. The Morgan fingerprint density at radius 2 is 1.02 bits per heavy atom. The third kappa shape index (κ3) is 4.27. The fourth-order valence-electron chi connectivity index (χ4n) is 8.56. The van der Waals surface area contributed by atoms with E-state index in [1.807, 2.05) is 17.4 Å². The maximum Gasteiger partial charge on any atom is 0.164 e. The van der Waals surface area contributed by atoms with Crippen molar-refractivity contribution in [1.29, 1.82) is 0 Å². The van der Waals surface area contributed by atoms with Crippen LogP contribution in [0.5, 0.6) is 0 Å². The average molecular weight is 705 g/mol. The molecular weight excluding hydrogens is 677 g/mol. The van der Waals surface area contributed by atoms with Gasteiger partial charge in [0.05, 0.1) is 16.6 Å². The minimum atomic E-state index is 0.648. The highest BCUT2D eigenvalue weighted by atomic mass is 32.1. The molecule has 0 amide bonds. The second-order valence-corrected chi connectivity index (χ2v) is 15.1. The molecular formula is C49H28N4S. The van der Waals surface area contributed by atoms with Crippen LogP contribution in [0.1, 0.15) is 0 Å². The molecule has 0 atom stereocenters. The smallest absolute Gasteiger partial charge is 0.164 e. The molecule has 0 aliphatic carbocycles. The Kier molecular flexibility index (Phi) is 6.18. The summed E-state index contributed by atoms with van der Waals surface area (Å²) < 4.78 is 4.98. The minimum absolute atomic E-state index is 0.648. The van der Waals surface area contributed by atoms with Crippen LogP contribution in [0, 0.1) is 0 Å². The Hall–Kier alpha value is -6.95. The lowest BCUT2D eigenvalue weighted by Gasteiger charge is -2.13. The van der Waals surface area contributed by atoms with Gasteiger partial charge in [-0.3, -0.25) is 0 Å². The summed E-state index contributed by atoms with van der Waals surface area (Å²) in [7, 11) is 0. The molecule has 12 aromatic rings. The number of nitrogens with zero attached hydrogens (tertiary/aromatic N) is 4. The molecule has 4 heterocycles. The van der Waals surface area contributed by atoms with Gasteiger partial charge in [-0.25, -0.2) is 15.0 Å². The zero-order valence-corrected chi connectivity index (χ0v) is 29.7. The molecule has 5 heteroatoms. The zero-order chi connectivity index (χ0) is 35.3. The van der Waals surface area contributed by atoms with Gasteiger partial charge in [-0.1, -0.05) is 133 Å². The molecule has 0 unspecified atom stereocenters.